The minimum Gasteiger partial charge on any atom is -0.399 e. The van der Waals surface area contributed by atoms with E-state index in [1.807, 2.05) is 54.3 Å². The minimum absolute atomic E-state index is 0.0854. The Kier molecular flexibility index (Phi) is 5.23. The first-order chi connectivity index (χ1) is 10.1. The molecule has 0 fully saturated rings. The number of carbonyl (C=O) groups excluding carboxylic acids is 1. The maximum absolute atomic E-state index is 12.4. The third kappa shape index (κ3) is 4.50. The summed E-state index contributed by atoms with van der Waals surface area (Å²) in [5.41, 5.74) is 8.46. The van der Waals surface area contributed by atoms with Gasteiger partial charge in [0.15, 0.2) is 0 Å². The van der Waals surface area contributed by atoms with Gasteiger partial charge in [0, 0.05) is 23.8 Å². The number of nitrogens with two attached hydrogens (primary N) is 1. The van der Waals surface area contributed by atoms with E-state index in [9.17, 15) is 4.79 Å². The number of hydrogen-bond donors (Lipinski definition) is 1. The van der Waals surface area contributed by atoms with Crippen molar-refractivity contribution < 1.29 is 4.79 Å². The Morgan fingerprint density at radius 2 is 1.86 bits per heavy atom. The van der Waals surface area contributed by atoms with Gasteiger partial charge in [-0.1, -0.05) is 35.9 Å². The second kappa shape index (κ2) is 7.14. The molecule has 4 heteroatoms. The molecule has 0 bridgehead atoms. The maximum atomic E-state index is 12.4. The zero-order valence-electron chi connectivity index (χ0n) is 12.1. The van der Waals surface area contributed by atoms with E-state index < -0.39 is 0 Å². The molecule has 110 valence electrons. The Hall–Kier alpha value is -2.00. The fourth-order valence-electron chi connectivity index (χ4n) is 2.22. The van der Waals surface area contributed by atoms with Crippen molar-refractivity contribution in [3.63, 3.8) is 0 Å². The number of rotatable bonds is 5. The molecule has 0 radical (unpaired) electrons. The number of nitrogens with zero attached hydrogens (tertiary/aromatic N) is 1. The molecule has 2 rings (SSSR count). The molecule has 0 atom stereocenters. The summed E-state index contributed by atoms with van der Waals surface area (Å²) >= 11 is 5.95. The van der Waals surface area contributed by atoms with Crippen LogP contribution in [0.15, 0.2) is 48.5 Å². The lowest BCUT2D eigenvalue weighted by molar-refractivity contribution is -0.130. The molecule has 0 saturated carbocycles. The number of halogens is 1. The Morgan fingerprint density at radius 1 is 1.14 bits per heavy atom. The largest absolute Gasteiger partial charge is 0.399 e. The highest BCUT2D eigenvalue weighted by Crippen LogP contribution is 2.14. The van der Waals surface area contributed by atoms with E-state index in [0.29, 0.717) is 30.2 Å². The van der Waals surface area contributed by atoms with Crippen LogP contribution in [0.1, 0.15) is 18.1 Å². The highest BCUT2D eigenvalue weighted by atomic mass is 35.5. The third-order valence-corrected chi connectivity index (χ3v) is 3.54. The first-order valence-corrected chi connectivity index (χ1v) is 7.33. The van der Waals surface area contributed by atoms with Gasteiger partial charge in [0.2, 0.25) is 5.91 Å². The second-order valence-corrected chi connectivity index (χ2v) is 5.40. The molecule has 0 aliphatic rings. The Morgan fingerprint density at radius 3 is 2.52 bits per heavy atom. The van der Waals surface area contributed by atoms with Gasteiger partial charge in [-0.3, -0.25) is 4.79 Å². The fourth-order valence-corrected chi connectivity index (χ4v) is 2.43. The summed E-state index contributed by atoms with van der Waals surface area (Å²) in [7, 11) is 0. The number of carbonyl (C=O) groups is 1. The summed E-state index contributed by atoms with van der Waals surface area (Å²) < 4.78 is 0. The standard InChI is InChI=1S/C17H19ClN2O/c1-2-20(12-14-6-4-8-16(19)10-14)17(21)11-13-5-3-7-15(18)9-13/h3-10H,2,11-12,19H2,1H3. The molecule has 2 N–H and O–H groups in total. The first kappa shape index (κ1) is 15.4. The van der Waals surface area contributed by atoms with Crippen LogP contribution in [0.5, 0.6) is 0 Å². The molecular formula is C17H19ClN2O. The zero-order valence-corrected chi connectivity index (χ0v) is 12.8. The number of likely N-dealkylation sites (N-methyl/N-ethyl adjacent to an activating group) is 1. The molecule has 0 unspecified atom stereocenters. The number of anilines is 1. The fraction of sp³-hybridized carbons (Fsp3) is 0.235. The number of hydrogen-bond acceptors (Lipinski definition) is 2. The molecule has 21 heavy (non-hydrogen) atoms. The average molecular weight is 303 g/mol. The smallest absolute Gasteiger partial charge is 0.227 e. The van der Waals surface area contributed by atoms with Crippen molar-refractivity contribution in [3.8, 4) is 0 Å². The lowest BCUT2D eigenvalue weighted by Gasteiger charge is -2.21. The van der Waals surface area contributed by atoms with Crippen molar-refractivity contribution in [2.24, 2.45) is 0 Å². The maximum Gasteiger partial charge on any atom is 0.227 e. The lowest BCUT2D eigenvalue weighted by Crippen LogP contribution is -2.31. The summed E-state index contributed by atoms with van der Waals surface area (Å²) in [6, 6.07) is 15.0. The molecule has 0 saturated heterocycles. The number of amides is 1. The zero-order chi connectivity index (χ0) is 15.2. The van der Waals surface area contributed by atoms with Crippen molar-refractivity contribution in [3.05, 3.63) is 64.7 Å². The van der Waals surface area contributed by atoms with Crippen LogP contribution in [0.4, 0.5) is 5.69 Å². The average Bonchev–Trinajstić information content (AvgIpc) is 2.44. The van der Waals surface area contributed by atoms with Gasteiger partial charge >= 0.3 is 0 Å². The third-order valence-electron chi connectivity index (χ3n) is 3.30. The topological polar surface area (TPSA) is 46.3 Å². The Bertz CT molecular complexity index is 628. The monoisotopic (exact) mass is 302 g/mol. The Labute approximate surface area is 130 Å². The molecule has 0 aliphatic carbocycles. The summed E-state index contributed by atoms with van der Waals surface area (Å²) in [6.45, 7) is 3.21. The van der Waals surface area contributed by atoms with Crippen LogP contribution in [-0.4, -0.2) is 17.4 Å². The quantitative estimate of drug-likeness (QED) is 0.859. The molecule has 0 aliphatic heterocycles. The van der Waals surface area contributed by atoms with E-state index in [1.165, 1.54) is 0 Å². The van der Waals surface area contributed by atoms with Crippen LogP contribution in [0.25, 0.3) is 0 Å². The van der Waals surface area contributed by atoms with Gasteiger partial charge in [-0.15, -0.1) is 0 Å². The van der Waals surface area contributed by atoms with Crippen LogP contribution in [-0.2, 0) is 17.8 Å². The molecule has 0 spiro atoms. The molecule has 1 amide bonds. The van der Waals surface area contributed by atoms with E-state index in [0.717, 1.165) is 11.1 Å². The van der Waals surface area contributed by atoms with Crippen LogP contribution in [0.3, 0.4) is 0 Å². The summed E-state index contributed by atoms with van der Waals surface area (Å²) in [5.74, 6) is 0.0854. The van der Waals surface area contributed by atoms with Gasteiger partial charge in [0.1, 0.15) is 0 Å². The van der Waals surface area contributed by atoms with E-state index in [-0.39, 0.29) is 5.91 Å². The molecule has 0 aromatic heterocycles. The van der Waals surface area contributed by atoms with E-state index in [4.69, 9.17) is 17.3 Å². The molecule has 2 aromatic carbocycles. The van der Waals surface area contributed by atoms with Crippen molar-refractivity contribution in [1.29, 1.82) is 0 Å². The van der Waals surface area contributed by atoms with E-state index in [2.05, 4.69) is 0 Å². The van der Waals surface area contributed by atoms with Gasteiger partial charge < -0.3 is 10.6 Å². The summed E-state index contributed by atoms with van der Waals surface area (Å²) in [4.78, 5) is 14.2. The first-order valence-electron chi connectivity index (χ1n) is 6.95. The van der Waals surface area contributed by atoms with Gasteiger partial charge in [0.05, 0.1) is 6.42 Å². The van der Waals surface area contributed by atoms with Crippen molar-refractivity contribution in [2.45, 2.75) is 19.9 Å². The Balaban J connectivity index is 2.05. The second-order valence-electron chi connectivity index (χ2n) is 4.96. The minimum atomic E-state index is 0.0854. The van der Waals surface area contributed by atoms with Crippen LogP contribution in [0, 0.1) is 0 Å². The molecular weight excluding hydrogens is 284 g/mol. The van der Waals surface area contributed by atoms with Gasteiger partial charge in [-0.25, -0.2) is 0 Å². The van der Waals surface area contributed by atoms with Crippen molar-refractivity contribution >= 4 is 23.2 Å². The van der Waals surface area contributed by atoms with E-state index in [1.54, 1.807) is 6.07 Å². The molecule has 3 nitrogen and oxygen atoms in total. The highest BCUT2D eigenvalue weighted by molar-refractivity contribution is 6.30. The van der Waals surface area contributed by atoms with Crippen molar-refractivity contribution in [1.82, 2.24) is 4.90 Å². The summed E-state index contributed by atoms with van der Waals surface area (Å²) in [6.07, 6.45) is 0.358. The summed E-state index contributed by atoms with van der Waals surface area (Å²) in [5, 5.41) is 0.652. The molecule has 0 heterocycles. The van der Waals surface area contributed by atoms with Crippen molar-refractivity contribution in [2.75, 3.05) is 12.3 Å². The lowest BCUT2D eigenvalue weighted by atomic mass is 10.1. The normalized spacial score (nSPS) is 10.4. The van der Waals surface area contributed by atoms with Gasteiger partial charge in [-0.05, 0) is 42.3 Å². The van der Waals surface area contributed by atoms with Crippen LogP contribution < -0.4 is 5.73 Å². The number of nitrogen functional groups attached to an aromatic ring is 1. The van der Waals surface area contributed by atoms with Gasteiger partial charge in [-0.2, -0.15) is 0 Å². The predicted octanol–water partition coefficient (Wildman–Crippen LogP) is 3.51. The SMILES string of the molecule is CCN(Cc1cccc(N)c1)C(=O)Cc1cccc(Cl)c1. The van der Waals surface area contributed by atoms with Crippen LogP contribution in [0.2, 0.25) is 5.02 Å². The number of benzene rings is 2. The highest BCUT2D eigenvalue weighted by Gasteiger charge is 2.13. The van der Waals surface area contributed by atoms with Gasteiger partial charge in [0.25, 0.3) is 0 Å². The van der Waals surface area contributed by atoms with Crippen LogP contribution >= 0.6 is 11.6 Å². The van der Waals surface area contributed by atoms with E-state index >= 15 is 0 Å². The molecule has 2 aromatic rings. The predicted molar refractivity (Wildman–Crippen MR) is 87.1 cm³/mol.